The number of phenolic OH excluding ortho intramolecular Hbond substituents is 1. The first-order chi connectivity index (χ1) is 9.29. The Morgan fingerprint density at radius 3 is 2.53 bits per heavy atom. The quantitative estimate of drug-likeness (QED) is 0.639. The topological polar surface area (TPSA) is 62.1 Å². The fourth-order valence-electron chi connectivity index (χ4n) is 1.63. The Labute approximate surface area is 111 Å². The highest BCUT2D eigenvalue weighted by atomic mass is 16.6. The van der Waals surface area contributed by atoms with Crippen molar-refractivity contribution in [3.8, 4) is 11.5 Å². The lowest BCUT2D eigenvalue weighted by molar-refractivity contribution is 0.301. The third-order valence-corrected chi connectivity index (χ3v) is 2.53. The number of benzene rings is 2. The first-order valence-corrected chi connectivity index (χ1v) is 5.99. The molecule has 0 fully saturated rings. The number of hydrogen-bond acceptors (Lipinski definition) is 4. The normalized spacial score (nSPS) is 11.3. The molecule has 0 aliphatic heterocycles. The van der Waals surface area contributed by atoms with Crippen LogP contribution in [0.25, 0.3) is 0 Å². The van der Waals surface area contributed by atoms with Gasteiger partial charge < -0.3 is 15.1 Å². The van der Waals surface area contributed by atoms with Crippen molar-refractivity contribution in [2.24, 2.45) is 5.16 Å². The number of rotatable bonds is 5. The van der Waals surface area contributed by atoms with Crippen LogP contribution in [0, 0.1) is 0 Å². The molecule has 0 bridgehead atoms. The summed E-state index contributed by atoms with van der Waals surface area (Å²) in [6, 6.07) is 15.9. The number of hydrogen-bond donors (Lipinski definition) is 2. The molecule has 0 aromatic heterocycles. The molecule has 2 rings (SSSR count). The van der Waals surface area contributed by atoms with Crippen molar-refractivity contribution < 1.29 is 15.1 Å². The molecule has 0 amide bonds. The van der Waals surface area contributed by atoms with Gasteiger partial charge in [0.1, 0.15) is 5.75 Å². The molecule has 0 saturated heterocycles. The van der Waals surface area contributed by atoms with E-state index in [4.69, 9.17) is 9.94 Å². The van der Waals surface area contributed by atoms with Gasteiger partial charge in [-0.1, -0.05) is 41.6 Å². The molecule has 0 saturated carbocycles. The number of oxime groups is 1. The van der Waals surface area contributed by atoms with Crippen LogP contribution < -0.4 is 4.84 Å². The molecule has 0 spiro atoms. The molecular weight excluding hydrogens is 242 g/mol. The number of phenols is 1. The molecule has 2 aromatic carbocycles. The van der Waals surface area contributed by atoms with Gasteiger partial charge in [-0.25, -0.2) is 0 Å². The van der Waals surface area contributed by atoms with Gasteiger partial charge in [-0.15, -0.1) is 0 Å². The van der Waals surface area contributed by atoms with Crippen LogP contribution in [0.1, 0.15) is 12.0 Å². The van der Waals surface area contributed by atoms with Crippen LogP contribution in [0.3, 0.4) is 0 Å². The average Bonchev–Trinajstić information content (AvgIpc) is 2.44. The summed E-state index contributed by atoms with van der Waals surface area (Å²) in [5, 5.41) is 22.4. The monoisotopic (exact) mass is 257 g/mol. The molecule has 2 N–H and O–H groups in total. The zero-order chi connectivity index (χ0) is 13.5. The molecule has 4 heteroatoms. The second kappa shape index (κ2) is 6.56. The van der Waals surface area contributed by atoms with E-state index in [2.05, 4.69) is 5.16 Å². The Hall–Kier alpha value is -2.33. The maximum Gasteiger partial charge on any atom is 0.161 e. The van der Waals surface area contributed by atoms with Gasteiger partial charge in [0.25, 0.3) is 0 Å². The van der Waals surface area contributed by atoms with Crippen LogP contribution >= 0.6 is 0 Å². The third-order valence-electron chi connectivity index (χ3n) is 2.53. The summed E-state index contributed by atoms with van der Waals surface area (Å²) in [5.41, 5.74) is 1.56. The van der Waals surface area contributed by atoms with E-state index in [-0.39, 0.29) is 12.4 Å². The molecule has 0 heterocycles. The smallest absolute Gasteiger partial charge is 0.161 e. The number of nitrogens with zero attached hydrogens (tertiary/aromatic N) is 1. The highest BCUT2D eigenvalue weighted by Crippen LogP contribution is 2.18. The van der Waals surface area contributed by atoms with Crippen molar-refractivity contribution in [3.63, 3.8) is 0 Å². The first kappa shape index (κ1) is 13.1. The molecule has 0 radical (unpaired) electrons. The third kappa shape index (κ3) is 3.82. The van der Waals surface area contributed by atoms with Crippen LogP contribution in [-0.4, -0.2) is 22.5 Å². The van der Waals surface area contributed by atoms with E-state index in [1.807, 2.05) is 30.3 Å². The predicted octanol–water partition coefficient (Wildman–Crippen LogP) is 2.56. The van der Waals surface area contributed by atoms with Gasteiger partial charge in [0.2, 0.25) is 0 Å². The minimum absolute atomic E-state index is 0.00285. The Kier molecular flexibility index (Phi) is 4.53. The van der Waals surface area contributed by atoms with E-state index in [1.165, 1.54) is 6.07 Å². The molecule has 0 unspecified atom stereocenters. The Morgan fingerprint density at radius 2 is 1.84 bits per heavy atom. The summed E-state index contributed by atoms with van der Waals surface area (Å²) in [4.78, 5) is 5.27. The second-order valence-corrected chi connectivity index (χ2v) is 3.97. The van der Waals surface area contributed by atoms with E-state index in [9.17, 15) is 5.11 Å². The molecular formula is C15H15NO3. The molecule has 0 aliphatic carbocycles. The zero-order valence-corrected chi connectivity index (χ0v) is 10.4. The highest BCUT2D eigenvalue weighted by molar-refractivity contribution is 6.00. The fourth-order valence-corrected chi connectivity index (χ4v) is 1.63. The van der Waals surface area contributed by atoms with Crippen molar-refractivity contribution in [1.82, 2.24) is 0 Å². The minimum atomic E-state index is -0.00285. The zero-order valence-electron chi connectivity index (χ0n) is 10.4. The maximum absolute atomic E-state index is 9.33. The molecule has 98 valence electrons. The van der Waals surface area contributed by atoms with Gasteiger partial charge in [-0.3, -0.25) is 0 Å². The van der Waals surface area contributed by atoms with Crippen molar-refractivity contribution in [1.29, 1.82) is 0 Å². The SMILES string of the molecule is OCC/C(=N\Oc1cccc(O)c1)c1ccccc1. The lowest BCUT2D eigenvalue weighted by Crippen LogP contribution is -2.05. The molecule has 19 heavy (non-hydrogen) atoms. The summed E-state index contributed by atoms with van der Waals surface area (Å²) in [6.45, 7) is -0.00285. The summed E-state index contributed by atoms with van der Waals surface area (Å²) < 4.78 is 0. The number of aliphatic hydroxyl groups excluding tert-OH is 1. The summed E-state index contributed by atoms with van der Waals surface area (Å²) >= 11 is 0. The molecule has 0 atom stereocenters. The van der Waals surface area contributed by atoms with E-state index in [0.717, 1.165) is 5.56 Å². The Morgan fingerprint density at radius 1 is 1.05 bits per heavy atom. The van der Waals surface area contributed by atoms with Crippen molar-refractivity contribution in [2.45, 2.75) is 6.42 Å². The van der Waals surface area contributed by atoms with Crippen molar-refractivity contribution in [2.75, 3.05) is 6.61 Å². The standard InChI is InChI=1S/C15H15NO3/c17-10-9-15(12-5-2-1-3-6-12)16-19-14-8-4-7-13(18)11-14/h1-8,11,17-18H,9-10H2/b16-15+. The summed E-state index contributed by atoms with van der Waals surface area (Å²) in [7, 11) is 0. The fraction of sp³-hybridized carbons (Fsp3) is 0.133. The van der Waals surface area contributed by atoms with Crippen LogP contribution in [0.2, 0.25) is 0 Å². The van der Waals surface area contributed by atoms with Gasteiger partial charge in [0, 0.05) is 19.1 Å². The lowest BCUT2D eigenvalue weighted by atomic mass is 10.1. The summed E-state index contributed by atoms with van der Waals surface area (Å²) in [6.07, 6.45) is 0.406. The van der Waals surface area contributed by atoms with Gasteiger partial charge in [0.05, 0.1) is 5.71 Å². The number of aliphatic hydroxyl groups is 1. The van der Waals surface area contributed by atoms with Gasteiger partial charge in [-0.2, -0.15) is 0 Å². The molecule has 0 aliphatic rings. The van der Waals surface area contributed by atoms with Crippen LogP contribution in [0.4, 0.5) is 0 Å². The Bertz CT molecular complexity index is 552. The van der Waals surface area contributed by atoms with Crippen LogP contribution in [0.5, 0.6) is 11.5 Å². The molecule has 4 nitrogen and oxygen atoms in total. The van der Waals surface area contributed by atoms with E-state index in [1.54, 1.807) is 18.2 Å². The minimum Gasteiger partial charge on any atom is -0.508 e. The Balaban J connectivity index is 2.17. The van der Waals surface area contributed by atoms with Crippen molar-refractivity contribution in [3.05, 3.63) is 60.2 Å². The summed E-state index contributed by atoms with van der Waals surface area (Å²) in [5.74, 6) is 0.572. The van der Waals surface area contributed by atoms with Crippen LogP contribution in [0.15, 0.2) is 59.8 Å². The van der Waals surface area contributed by atoms with Gasteiger partial charge >= 0.3 is 0 Å². The average molecular weight is 257 g/mol. The first-order valence-electron chi connectivity index (χ1n) is 5.99. The predicted molar refractivity (Wildman–Crippen MR) is 73.4 cm³/mol. The second-order valence-electron chi connectivity index (χ2n) is 3.97. The lowest BCUT2D eigenvalue weighted by Gasteiger charge is -2.05. The highest BCUT2D eigenvalue weighted by Gasteiger charge is 2.04. The largest absolute Gasteiger partial charge is 0.508 e. The molecule has 2 aromatic rings. The van der Waals surface area contributed by atoms with E-state index < -0.39 is 0 Å². The maximum atomic E-state index is 9.33. The number of aromatic hydroxyl groups is 1. The van der Waals surface area contributed by atoms with E-state index in [0.29, 0.717) is 17.9 Å². The van der Waals surface area contributed by atoms with Crippen molar-refractivity contribution >= 4 is 5.71 Å². The van der Waals surface area contributed by atoms with E-state index >= 15 is 0 Å². The van der Waals surface area contributed by atoms with Gasteiger partial charge in [0.15, 0.2) is 5.75 Å². The van der Waals surface area contributed by atoms with Gasteiger partial charge in [-0.05, 0) is 17.7 Å². The van der Waals surface area contributed by atoms with Crippen LogP contribution in [-0.2, 0) is 0 Å².